The Kier molecular flexibility index (Phi) is 9.37. The molecule has 0 unspecified atom stereocenters. The molecule has 1 fully saturated rings. The van der Waals surface area contributed by atoms with E-state index in [2.05, 4.69) is 44.5 Å². The highest BCUT2D eigenvalue weighted by Crippen LogP contribution is 2.36. The lowest BCUT2D eigenvalue weighted by Gasteiger charge is -2.36. The fourth-order valence-electron chi connectivity index (χ4n) is 3.17. The van der Waals surface area contributed by atoms with E-state index in [1.165, 1.54) is 0 Å². The monoisotopic (exact) mass is 450 g/mol. The van der Waals surface area contributed by atoms with Crippen molar-refractivity contribution in [2.24, 2.45) is 0 Å². The number of hydrogen-bond donors (Lipinski definition) is 2. The predicted molar refractivity (Wildman–Crippen MR) is 123 cm³/mol. The smallest absolute Gasteiger partial charge is 0.407 e. The van der Waals surface area contributed by atoms with E-state index in [-0.39, 0.29) is 30.3 Å². The first kappa shape index (κ1) is 25.2. The summed E-state index contributed by atoms with van der Waals surface area (Å²) < 4.78 is 16.6. The van der Waals surface area contributed by atoms with Gasteiger partial charge in [0.05, 0.1) is 6.61 Å². The van der Waals surface area contributed by atoms with E-state index in [0.29, 0.717) is 6.61 Å². The number of nitrogens with one attached hydrogen (secondary N) is 2. The molecule has 0 atom stereocenters. The number of carbonyl (C=O) groups is 2. The summed E-state index contributed by atoms with van der Waals surface area (Å²) in [5.41, 5.74) is 0.957. The molecule has 1 saturated carbocycles. The Bertz CT molecular complexity index is 698. The van der Waals surface area contributed by atoms with Gasteiger partial charge in [0.25, 0.3) is 0 Å². The summed E-state index contributed by atoms with van der Waals surface area (Å²) in [5.74, 6) is 0. The molecular weight excluding hydrogens is 412 g/mol. The Morgan fingerprint density at radius 1 is 0.903 bits per heavy atom. The number of amides is 2. The maximum atomic E-state index is 12.0. The van der Waals surface area contributed by atoms with Crippen LogP contribution < -0.4 is 10.6 Å². The van der Waals surface area contributed by atoms with Crippen LogP contribution in [0.3, 0.4) is 0 Å². The molecule has 31 heavy (non-hydrogen) atoms. The zero-order chi connectivity index (χ0) is 22.9. The number of rotatable bonds is 8. The maximum Gasteiger partial charge on any atom is 0.407 e. The second kappa shape index (κ2) is 11.5. The Morgan fingerprint density at radius 3 is 1.94 bits per heavy atom. The third-order valence-electron chi connectivity index (χ3n) is 6.17. The highest BCUT2D eigenvalue weighted by atomic mass is 28.4. The van der Waals surface area contributed by atoms with Crippen molar-refractivity contribution in [2.75, 3.05) is 13.2 Å². The molecular formula is C23H38N2O5Si. The van der Waals surface area contributed by atoms with Crippen LogP contribution in [-0.4, -0.2) is 45.8 Å². The summed E-state index contributed by atoms with van der Waals surface area (Å²) in [7, 11) is -1.82. The van der Waals surface area contributed by atoms with Crippen molar-refractivity contribution in [1.82, 2.24) is 10.6 Å². The van der Waals surface area contributed by atoms with Gasteiger partial charge in [-0.15, -0.1) is 0 Å². The standard InChI is InChI=1S/C23H38N2O5Si/c1-23(2,3)31(4,5)30-16-15-28-21(26)24-19-11-13-20(14-12-19)25-22(27)29-17-18-9-7-6-8-10-18/h6-10,19-20H,11-17H2,1-5H3,(H,24,26)(H,25,27). The summed E-state index contributed by atoms with van der Waals surface area (Å²) in [6.07, 6.45) is 2.36. The average Bonchev–Trinajstić information content (AvgIpc) is 2.71. The Hall–Kier alpha value is -2.06. The first-order valence-electron chi connectivity index (χ1n) is 11.1. The lowest BCUT2D eigenvalue weighted by atomic mass is 9.91. The van der Waals surface area contributed by atoms with Crippen LogP contribution in [-0.2, 0) is 20.5 Å². The van der Waals surface area contributed by atoms with Crippen LogP contribution in [0.1, 0.15) is 52.0 Å². The molecule has 174 valence electrons. The largest absolute Gasteiger partial charge is 0.447 e. The van der Waals surface area contributed by atoms with E-state index in [1.54, 1.807) is 0 Å². The Balaban J connectivity index is 1.57. The van der Waals surface area contributed by atoms with Crippen molar-refractivity contribution in [2.45, 2.75) is 83.3 Å². The topological polar surface area (TPSA) is 85.9 Å². The summed E-state index contributed by atoms with van der Waals surface area (Å²) in [6.45, 7) is 11.8. The van der Waals surface area contributed by atoms with Crippen molar-refractivity contribution < 1.29 is 23.5 Å². The zero-order valence-corrected chi connectivity index (χ0v) is 20.5. The lowest BCUT2D eigenvalue weighted by Crippen LogP contribution is -2.44. The van der Waals surface area contributed by atoms with Gasteiger partial charge in [-0.1, -0.05) is 51.1 Å². The quantitative estimate of drug-likeness (QED) is 0.431. The highest BCUT2D eigenvalue weighted by Gasteiger charge is 2.37. The van der Waals surface area contributed by atoms with Gasteiger partial charge in [-0.2, -0.15) is 0 Å². The van der Waals surface area contributed by atoms with Crippen LogP contribution in [0.25, 0.3) is 0 Å². The molecule has 0 saturated heterocycles. The predicted octanol–water partition coefficient (Wildman–Crippen LogP) is 4.97. The van der Waals surface area contributed by atoms with Gasteiger partial charge in [0, 0.05) is 12.1 Å². The van der Waals surface area contributed by atoms with E-state index in [4.69, 9.17) is 13.9 Å². The number of hydrogen-bond acceptors (Lipinski definition) is 5. The summed E-state index contributed by atoms with van der Waals surface area (Å²) in [6, 6.07) is 9.72. The summed E-state index contributed by atoms with van der Waals surface area (Å²) in [5, 5.41) is 5.97. The van der Waals surface area contributed by atoms with Gasteiger partial charge in [-0.05, 0) is 49.4 Å². The third-order valence-corrected chi connectivity index (χ3v) is 10.7. The molecule has 0 aliphatic heterocycles. The number of ether oxygens (including phenoxy) is 2. The molecule has 2 N–H and O–H groups in total. The molecule has 1 aromatic rings. The van der Waals surface area contributed by atoms with Crippen LogP contribution in [0, 0.1) is 0 Å². The molecule has 2 rings (SSSR count). The van der Waals surface area contributed by atoms with Crippen molar-refractivity contribution in [1.29, 1.82) is 0 Å². The minimum Gasteiger partial charge on any atom is -0.447 e. The first-order chi connectivity index (χ1) is 14.6. The minimum atomic E-state index is -1.82. The van der Waals surface area contributed by atoms with E-state index in [1.807, 2.05) is 30.3 Å². The van der Waals surface area contributed by atoms with E-state index < -0.39 is 20.5 Å². The Morgan fingerprint density at radius 2 is 1.42 bits per heavy atom. The molecule has 0 radical (unpaired) electrons. The molecule has 1 aromatic carbocycles. The van der Waals surface area contributed by atoms with Gasteiger partial charge in [-0.25, -0.2) is 9.59 Å². The minimum absolute atomic E-state index is 0.0622. The molecule has 0 spiro atoms. The van der Waals surface area contributed by atoms with Gasteiger partial charge in [0.15, 0.2) is 8.32 Å². The summed E-state index contributed by atoms with van der Waals surface area (Å²) in [4.78, 5) is 24.0. The molecule has 0 bridgehead atoms. The van der Waals surface area contributed by atoms with E-state index in [0.717, 1.165) is 31.2 Å². The van der Waals surface area contributed by atoms with Gasteiger partial charge in [0.2, 0.25) is 0 Å². The molecule has 2 amide bonds. The number of benzene rings is 1. The van der Waals surface area contributed by atoms with Gasteiger partial charge < -0.3 is 24.5 Å². The number of alkyl carbamates (subject to hydrolysis) is 2. The van der Waals surface area contributed by atoms with E-state index >= 15 is 0 Å². The maximum absolute atomic E-state index is 12.0. The van der Waals surface area contributed by atoms with Gasteiger partial charge in [0.1, 0.15) is 13.2 Å². The second-order valence-corrected chi connectivity index (χ2v) is 14.5. The van der Waals surface area contributed by atoms with Crippen molar-refractivity contribution in [3.8, 4) is 0 Å². The SMILES string of the molecule is CC(C)(C)[Si](C)(C)OCCOC(=O)NC1CCC(NC(=O)OCc2ccccc2)CC1. The second-order valence-electron chi connectivity index (χ2n) is 9.64. The van der Waals surface area contributed by atoms with Gasteiger partial charge >= 0.3 is 12.2 Å². The Labute approximate surface area is 187 Å². The molecule has 1 aliphatic rings. The summed E-state index contributed by atoms with van der Waals surface area (Å²) >= 11 is 0. The van der Waals surface area contributed by atoms with Crippen LogP contribution >= 0.6 is 0 Å². The number of carbonyl (C=O) groups excluding carboxylic acids is 2. The van der Waals surface area contributed by atoms with Crippen LogP contribution in [0.5, 0.6) is 0 Å². The van der Waals surface area contributed by atoms with E-state index in [9.17, 15) is 9.59 Å². The fourth-order valence-corrected chi connectivity index (χ4v) is 4.20. The molecule has 8 heteroatoms. The van der Waals surface area contributed by atoms with Crippen molar-refractivity contribution in [3.63, 3.8) is 0 Å². The van der Waals surface area contributed by atoms with Crippen LogP contribution in [0.4, 0.5) is 9.59 Å². The zero-order valence-electron chi connectivity index (χ0n) is 19.5. The average molecular weight is 451 g/mol. The molecule has 1 aliphatic carbocycles. The molecule has 0 aromatic heterocycles. The normalized spacial score (nSPS) is 19.4. The first-order valence-corrected chi connectivity index (χ1v) is 14.0. The third kappa shape index (κ3) is 8.91. The molecule has 7 nitrogen and oxygen atoms in total. The van der Waals surface area contributed by atoms with Gasteiger partial charge in [-0.3, -0.25) is 0 Å². The molecule has 0 heterocycles. The lowest BCUT2D eigenvalue weighted by molar-refractivity contribution is 0.114. The van der Waals surface area contributed by atoms with Crippen LogP contribution in [0.2, 0.25) is 18.1 Å². The van der Waals surface area contributed by atoms with Crippen LogP contribution in [0.15, 0.2) is 30.3 Å². The van der Waals surface area contributed by atoms with Crippen molar-refractivity contribution in [3.05, 3.63) is 35.9 Å². The highest BCUT2D eigenvalue weighted by molar-refractivity contribution is 6.74. The van der Waals surface area contributed by atoms with Crippen molar-refractivity contribution >= 4 is 20.5 Å². The fraction of sp³-hybridized carbons (Fsp3) is 0.652.